The van der Waals surface area contributed by atoms with Gasteiger partial charge in [-0.05, 0) is 24.6 Å². The Morgan fingerprint density at radius 2 is 1.94 bits per heavy atom. The van der Waals surface area contributed by atoms with Crippen LogP contribution in [0.2, 0.25) is 0 Å². The van der Waals surface area contributed by atoms with Gasteiger partial charge >= 0.3 is 0 Å². The molecule has 18 heavy (non-hydrogen) atoms. The average Bonchev–Trinajstić information content (AvgIpc) is 2.46. The van der Waals surface area contributed by atoms with Crippen molar-refractivity contribution in [1.29, 1.82) is 0 Å². The Morgan fingerprint density at radius 3 is 2.50 bits per heavy atom. The smallest absolute Gasteiger partial charge is 0.147 e. The fraction of sp³-hybridized carbons (Fsp3) is 0.308. The summed E-state index contributed by atoms with van der Waals surface area (Å²) >= 11 is 0. The Kier molecular flexibility index (Phi) is 4.20. The van der Waals surface area contributed by atoms with Gasteiger partial charge in [-0.1, -0.05) is 0 Å². The summed E-state index contributed by atoms with van der Waals surface area (Å²) in [7, 11) is 0. The molecule has 0 spiro atoms. The number of rotatable bonds is 5. The first-order valence-electron chi connectivity index (χ1n) is 5.89. The Morgan fingerprint density at radius 1 is 1.17 bits per heavy atom. The quantitative estimate of drug-likeness (QED) is 0.861. The number of pyridine rings is 1. The van der Waals surface area contributed by atoms with Crippen LogP contribution in [-0.2, 0) is 13.2 Å². The molecule has 5 heteroatoms. The summed E-state index contributed by atoms with van der Waals surface area (Å²) < 4.78 is 0. The second-order valence-corrected chi connectivity index (χ2v) is 3.89. The average molecular weight is 244 g/mol. The number of aliphatic hydroxyl groups is 1. The third-order valence-electron chi connectivity index (χ3n) is 2.68. The first kappa shape index (κ1) is 12.4. The second-order valence-electron chi connectivity index (χ2n) is 3.89. The number of hydrogen-bond donors (Lipinski definition) is 1. The zero-order valence-corrected chi connectivity index (χ0v) is 10.3. The summed E-state index contributed by atoms with van der Waals surface area (Å²) in [6, 6.07) is 3.97. The van der Waals surface area contributed by atoms with Crippen molar-refractivity contribution in [2.24, 2.45) is 0 Å². The number of nitrogens with zero attached hydrogens (tertiary/aromatic N) is 4. The lowest BCUT2D eigenvalue weighted by atomic mass is 10.2. The molecular weight excluding hydrogens is 228 g/mol. The van der Waals surface area contributed by atoms with Gasteiger partial charge in [-0.3, -0.25) is 9.97 Å². The van der Waals surface area contributed by atoms with Crippen LogP contribution in [0, 0.1) is 0 Å². The Bertz CT molecular complexity index is 472. The summed E-state index contributed by atoms with van der Waals surface area (Å²) in [5, 5.41) is 8.94. The minimum Gasteiger partial charge on any atom is -0.390 e. The van der Waals surface area contributed by atoms with Gasteiger partial charge in [0.15, 0.2) is 0 Å². The van der Waals surface area contributed by atoms with Gasteiger partial charge in [-0.15, -0.1) is 0 Å². The van der Waals surface area contributed by atoms with Crippen LogP contribution in [0.5, 0.6) is 0 Å². The summed E-state index contributed by atoms with van der Waals surface area (Å²) in [6.45, 7) is 3.61. The zero-order valence-electron chi connectivity index (χ0n) is 10.3. The summed E-state index contributed by atoms with van der Waals surface area (Å²) in [5.41, 5.74) is 1.76. The molecule has 2 rings (SSSR count). The highest BCUT2D eigenvalue weighted by Gasteiger charge is 2.07. The topological polar surface area (TPSA) is 62.1 Å². The monoisotopic (exact) mass is 244 g/mol. The maximum absolute atomic E-state index is 8.94. The lowest BCUT2D eigenvalue weighted by molar-refractivity contribution is 0.276. The predicted molar refractivity (Wildman–Crippen MR) is 68.9 cm³/mol. The normalized spacial score (nSPS) is 10.3. The molecule has 94 valence electrons. The van der Waals surface area contributed by atoms with Crippen LogP contribution in [0.4, 0.5) is 5.82 Å². The van der Waals surface area contributed by atoms with E-state index in [0.717, 1.165) is 18.9 Å². The summed E-state index contributed by atoms with van der Waals surface area (Å²) in [6.07, 6.45) is 6.86. The SMILES string of the molecule is CCN(Cc1ccncc1)c1cnc(CO)cn1. The van der Waals surface area contributed by atoms with Gasteiger partial charge in [0, 0.05) is 25.5 Å². The van der Waals surface area contributed by atoms with Crippen LogP contribution in [0.25, 0.3) is 0 Å². The van der Waals surface area contributed by atoms with E-state index in [1.165, 1.54) is 5.56 Å². The van der Waals surface area contributed by atoms with Crippen molar-refractivity contribution in [1.82, 2.24) is 15.0 Å². The van der Waals surface area contributed by atoms with Crippen LogP contribution < -0.4 is 4.90 Å². The Hall–Kier alpha value is -2.01. The van der Waals surface area contributed by atoms with Gasteiger partial charge in [0.1, 0.15) is 5.82 Å². The highest BCUT2D eigenvalue weighted by molar-refractivity contribution is 5.36. The van der Waals surface area contributed by atoms with E-state index in [2.05, 4.69) is 26.8 Å². The maximum atomic E-state index is 8.94. The summed E-state index contributed by atoms with van der Waals surface area (Å²) in [5.74, 6) is 0.812. The van der Waals surface area contributed by atoms with E-state index >= 15 is 0 Å². The fourth-order valence-corrected chi connectivity index (χ4v) is 1.66. The molecule has 0 saturated carbocycles. The van der Waals surface area contributed by atoms with Gasteiger partial charge in [0.25, 0.3) is 0 Å². The van der Waals surface area contributed by atoms with E-state index < -0.39 is 0 Å². The number of anilines is 1. The molecule has 0 aromatic carbocycles. The summed E-state index contributed by atoms with van der Waals surface area (Å²) in [4.78, 5) is 14.6. The molecule has 2 heterocycles. The number of aromatic nitrogens is 3. The van der Waals surface area contributed by atoms with Gasteiger partial charge in [0.2, 0.25) is 0 Å². The van der Waals surface area contributed by atoms with Crippen molar-refractivity contribution in [3.8, 4) is 0 Å². The van der Waals surface area contributed by atoms with Gasteiger partial charge in [-0.2, -0.15) is 0 Å². The molecule has 0 radical (unpaired) electrons. The molecule has 0 unspecified atom stereocenters. The lowest BCUT2D eigenvalue weighted by Crippen LogP contribution is -2.23. The first-order valence-corrected chi connectivity index (χ1v) is 5.89. The van der Waals surface area contributed by atoms with Gasteiger partial charge in [-0.25, -0.2) is 4.98 Å². The van der Waals surface area contributed by atoms with E-state index in [9.17, 15) is 0 Å². The molecule has 5 nitrogen and oxygen atoms in total. The number of aliphatic hydroxyl groups excluding tert-OH is 1. The number of hydrogen-bond acceptors (Lipinski definition) is 5. The van der Waals surface area contributed by atoms with Crippen LogP contribution in [0.1, 0.15) is 18.2 Å². The van der Waals surface area contributed by atoms with E-state index in [0.29, 0.717) is 5.69 Å². The molecule has 0 atom stereocenters. The zero-order chi connectivity index (χ0) is 12.8. The highest BCUT2D eigenvalue weighted by atomic mass is 16.3. The predicted octanol–water partition coefficient (Wildman–Crippen LogP) is 1.39. The molecular formula is C13H16N4O. The van der Waals surface area contributed by atoms with Gasteiger partial charge in [0.05, 0.1) is 24.7 Å². The Labute approximate surface area is 106 Å². The van der Waals surface area contributed by atoms with Crippen molar-refractivity contribution >= 4 is 5.82 Å². The van der Waals surface area contributed by atoms with Crippen molar-refractivity contribution < 1.29 is 5.11 Å². The van der Waals surface area contributed by atoms with E-state index in [1.807, 2.05) is 12.1 Å². The van der Waals surface area contributed by atoms with Crippen molar-refractivity contribution in [2.45, 2.75) is 20.1 Å². The Balaban J connectivity index is 2.12. The van der Waals surface area contributed by atoms with E-state index in [-0.39, 0.29) is 6.61 Å². The molecule has 0 fully saturated rings. The molecule has 2 aromatic heterocycles. The molecule has 0 saturated heterocycles. The van der Waals surface area contributed by atoms with E-state index in [1.54, 1.807) is 24.8 Å². The molecule has 1 N–H and O–H groups in total. The first-order chi connectivity index (χ1) is 8.83. The van der Waals surface area contributed by atoms with Gasteiger partial charge < -0.3 is 10.0 Å². The minimum atomic E-state index is -0.0796. The highest BCUT2D eigenvalue weighted by Crippen LogP contribution is 2.12. The van der Waals surface area contributed by atoms with Crippen molar-refractivity contribution in [2.75, 3.05) is 11.4 Å². The largest absolute Gasteiger partial charge is 0.390 e. The van der Waals surface area contributed by atoms with Crippen LogP contribution in [-0.4, -0.2) is 26.6 Å². The molecule has 0 amide bonds. The molecule has 0 aliphatic carbocycles. The third-order valence-corrected chi connectivity index (χ3v) is 2.68. The fourth-order valence-electron chi connectivity index (χ4n) is 1.66. The lowest BCUT2D eigenvalue weighted by Gasteiger charge is -2.21. The van der Waals surface area contributed by atoms with Crippen LogP contribution in [0.15, 0.2) is 36.9 Å². The molecule has 0 bridgehead atoms. The molecule has 0 aliphatic heterocycles. The standard InChI is InChI=1S/C13H16N4O/c1-2-17(9-11-3-5-14-6-4-11)13-8-15-12(10-18)7-16-13/h3-8,18H,2,9-10H2,1H3. The molecule has 0 aliphatic rings. The van der Waals surface area contributed by atoms with Crippen molar-refractivity contribution in [3.63, 3.8) is 0 Å². The van der Waals surface area contributed by atoms with Crippen molar-refractivity contribution in [3.05, 3.63) is 48.2 Å². The third kappa shape index (κ3) is 3.01. The molecule has 2 aromatic rings. The van der Waals surface area contributed by atoms with Crippen LogP contribution in [0.3, 0.4) is 0 Å². The second kappa shape index (κ2) is 6.07. The van der Waals surface area contributed by atoms with E-state index in [4.69, 9.17) is 5.11 Å². The maximum Gasteiger partial charge on any atom is 0.147 e. The minimum absolute atomic E-state index is 0.0796. The van der Waals surface area contributed by atoms with Crippen LogP contribution >= 0.6 is 0 Å².